The molecule has 0 aliphatic rings. The molecular weight excluding hydrogens is 264 g/mol. The Morgan fingerprint density at radius 3 is 2.57 bits per heavy atom. The van der Waals surface area contributed by atoms with Gasteiger partial charge in [0, 0.05) is 26.1 Å². The summed E-state index contributed by atoms with van der Waals surface area (Å²) >= 11 is 0. The second-order valence-corrected chi connectivity index (χ2v) is 5.17. The lowest BCUT2D eigenvalue weighted by Crippen LogP contribution is -2.30. The van der Waals surface area contributed by atoms with E-state index in [4.69, 9.17) is 10.5 Å². The highest BCUT2D eigenvalue weighted by Gasteiger charge is 2.06. The maximum Gasteiger partial charge on any atom is 0.305 e. The zero-order valence-corrected chi connectivity index (χ0v) is 13.1. The van der Waals surface area contributed by atoms with Crippen LogP contribution in [-0.2, 0) is 16.1 Å². The van der Waals surface area contributed by atoms with Crippen LogP contribution < -0.4 is 5.73 Å². The third-order valence-electron chi connectivity index (χ3n) is 3.35. The zero-order valence-electron chi connectivity index (χ0n) is 13.1. The highest BCUT2D eigenvalue weighted by atomic mass is 16.5. The van der Waals surface area contributed by atoms with Crippen molar-refractivity contribution in [2.45, 2.75) is 39.2 Å². The van der Waals surface area contributed by atoms with Gasteiger partial charge in [0.2, 0.25) is 0 Å². The summed E-state index contributed by atoms with van der Waals surface area (Å²) in [4.78, 5) is 13.6. The van der Waals surface area contributed by atoms with Crippen LogP contribution in [0.4, 0.5) is 0 Å². The van der Waals surface area contributed by atoms with Gasteiger partial charge in [0.1, 0.15) is 0 Å². The Hall–Kier alpha value is -1.39. The van der Waals surface area contributed by atoms with Crippen molar-refractivity contribution >= 4 is 5.97 Å². The van der Waals surface area contributed by atoms with Gasteiger partial charge >= 0.3 is 5.97 Å². The van der Waals surface area contributed by atoms with Crippen LogP contribution >= 0.6 is 0 Å². The zero-order chi connectivity index (χ0) is 15.3. The maximum absolute atomic E-state index is 11.2. The van der Waals surface area contributed by atoms with Crippen LogP contribution in [0.3, 0.4) is 0 Å². The van der Waals surface area contributed by atoms with E-state index >= 15 is 0 Å². The van der Waals surface area contributed by atoms with E-state index in [1.807, 2.05) is 13.0 Å². The third kappa shape index (κ3) is 8.48. The van der Waals surface area contributed by atoms with Crippen molar-refractivity contribution in [3.63, 3.8) is 0 Å². The number of carbonyl (C=O) groups is 1. The summed E-state index contributed by atoms with van der Waals surface area (Å²) in [7, 11) is 0. The van der Waals surface area contributed by atoms with Crippen LogP contribution in [-0.4, -0.2) is 37.1 Å². The molecule has 0 aliphatic carbocycles. The molecule has 0 fully saturated rings. The molecule has 0 heterocycles. The molecule has 0 unspecified atom stereocenters. The topological polar surface area (TPSA) is 55.6 Å². The summed E-state index contributed by atoms with van der Waals surface area (Å²) in [5.41, 5.74) is 7.00. The number of hydrogen-bond acceptors (Lipinski definition) is 4. The molecule has 1 rings (SSSR count). The summed E-state index contributed by atoms with van der Waals surface area (Å²) in [5.74, 6) is -0.0828. The number of benzene rings is 1. The number of rotatable bonds is 11. The Balaban J connectivity index is 2.20. The minimum absolute atomic E-state index is 0.0828. The number of hydrogen-bond donors (Lipinski definition) is 1. The van der Waals surface area contributed by atoms with Crippen LogP contribution in [0, 0.1) is 0 Å². The van der Waals surface area contributed by atoms with Crippen molar-refractivity contribution in [1.82, 2.24) is 4.90 Å². The molecule has 2 N–H and O–H groups in total. The van der Waals surface area contributed by atoms with E-state index in [0.29, 0.717) is 19.6 Å². The summed E-state index contributed by atoms with van der Waals surface area (Å²) in [5, 5.41) is 0. The first kappa shape index (κ1) is 17.7. The predicted octanol–water partition coefficient (Wildman–Crippen LogP) is 2.57. The van der Waals surface area contributed by atoms with Crippen LogP contribution in [0.15, 0.2) is 30.3 Å². The molecule has 1 aromatic carbocycles. The van der Waals surface area contributed by atoms with Crippen molar-refractivity contribution in [1.29, 1.82) is 0 Å². The Bertz CT molecular complexity index is 382. The molecule has 4 nitrogen and oxygen atoms in total. The normalized spacial score (nSPS) is 10.8. The summed E-state index contributed by atoms with van der Waals surface area (Å²) < 4.78 is 4.92. The van der Waals surface area contributed by atoms with Gasteiger partial charge in [0.15, 0.2) is 0 Å². The lowest BCUT2D eigenvalue weighted by molar-refractivity contribution is -0.143. The van der Waals surface area contributed by atoms with Gasteiger partial charge in [-0.25, -0.2) is 0 Å². The Morgan fingerprint density at radius 1 is 1.14 bits per heavy atom. The van der Waals surface area contributed by atoms with Gasteiger partial charge in [-0.15, -0.1) is 0 Å². The highest BCUT2D eigenvalue weighted by molar-refractivity contribution is 5.69. The first-order valence-electron chi connectivity index (χ1n) is 7.88. The smallest absolute Gasteiger partial charge is 0.305 e. The average Bonchev–Trinajstić information content (AvgIpc) is 2.48. The summed E-state index contributed by atoms with van der Waals surface area (Å²) in [6.45, 7) is 5.86. The van der Waals surface area contributed by atoms with Gasteiger partial charge in [-0.3, -0.25) is 9.69 Å². The maximum atomic E-state index is 11.2. The predicted molar refractivity (Wildman–Crippen MR) is 85.9 cm³/mol. The second-order valence-electron chi connectivity index (χ2n) is 5.17. The third-order valence-corrected chi connectivity index (χ3v) is 3.35. The van der Waals surface area contributed by atoms with Gasteiger partial charge in [-0.05, 0) is 31.9 Å². The van der Waals surface area contributed by atoms with E-state index < -0.39 is 0 Å². The first-order valence-corrected chi connectivity index (χ1v) is 7.88. The van der Waals surface area contributed by atoms with E-state index in [1.165, 1.54) is 5.56 Å². The highest BCUT2D eigenvalue weighted by Crippen LogP contribution is 2.07. The molecule has 0 aliphatic heterocycles. The van der Waals surface area contributed by atoms with Crippen molar-refractivity contribution < 1.29 is 9.53 Å². The molecule has 0 atom stereocenters. The number of ether oxygens (including phenoxy) is 1. The standard InChI is InChI=1S/C17H28N2O2/c1-2-21-17(20)11-7-4-8-13-19(14-12-18)15-16-9-5-3-6-10-16/h3,5-6,9-10H,2,4,7-8,11-15,18H2,1H3. The number of nitrogens with zero attached hydrogens (tertiary/aromatic N) is 1. The molecule has 0 radical (unpaired) electrons. The van der Waals surface area contributed by atoms with Gasteiger partial charge in [-0.2, -0.15) is 0 Å². The van der Waals surface area contributed by atoms with E-state index in [0.717, 1.165) is 38.9 Å². The van der Waals surface area contributed by atoms with Gasteiger partial charge in [0.25, 0.3) is 0 Å². The molecule has 0 bridgehead atoms. The van der Waals surface area contributed by atoms with E-state index in [9.17, 15) is 4.79 Å². The molecule has 0 saturated heterocycles. The van der Waals surface area contributed by atoms with Crippen LogP contribution in [0.1, 0.15) is 38.2 Å². The average molecular weight is 292 g/mol. The van der Waals surface area contributed by atoms with Crippen molar-refractivity contribution in [2.24, 2.45) is 5.73 Å². The number of unbranched alkanes of at least 4 members (excludes halogenated alkanes) is 2. The van der Waals surface area contributed by atoms with E-state index in [2.05, 4.69) is 29.2 Å². The molecule has 118 valence electrons. The fourth-order valence-corrected chi connectivity index (χ4v) is 2.31. The van der Waals surface area contributed by atoms with Crippen molar-refractivity contribution in [2.75, 3.05) is 26.2 Å². The fourth-order valence-electron chi connectivity index (χ4n) is 2.31. The summed E-state index contributed by atoms with van der Waals surface area (Å²) in [6, 6.07) is 10.4. The monoisotopic (exact) mass is 292 g/mol. The largest absolute Gasteiger partial charge is 0.466 e. The molecule has 1 aromatic rings. The number of nitrogens with two attached hydrogens (primary N) is 1. The minimum Gasteiger partial charge on any atom is -0.466 e. The lowest BCUT2D eigenvalue weighted by atomic mass is 10.1. The molecular formula is C17H28N2O2. The number of esters is 1. The molecule has 0 spiro atoms. The Kier molecular flexibility index (Phi) is 9.49. The van der Waals surface area contributed by atoms with Crippen molar-refractivity contribution in [3.05, 3.63) is 35.9 Å². The number of carbonyl (C=O) groups excluding carboxylic acids is 1. The molecule has 0 amide bonds. The Labute approximate surface area is 128 Å². The SMILES string of the molecule is CCOC(=O)CCCCCN(CCN)Cc1ccccc1. The first-order chi connectivity index (χ1) is 10.3. The molecule has 4 heteroatoms. The van der Waals surface area contributed by atoms with E-state index in [1.54, 1.807) is 0 Å². The molecule has 0 saturated carbocycles. The quantitative estimate of drug-likeness (QED) is 0.503. The minimum atomic E-state index is -0.0828. The van der Waals surface area contributed by atoms with Gasteiger partial charge in [0.05, 0.1) is 6.61 Å². The molecule has 21 heavy (non-hydrogen) atoms. The summed E-state index contributed by atoms with van der Waals surface area (Å²) in [6.07, 6.45) is 3.57. The second kappa shape index (κ2) is 11.3. The van der Waals surface area contributed by atoms with E-state index in [-0.39, 0.29) is 5.97 Å². The van der Waals surface area contributed by atoms with Gasteiger partial charge in [-0.1, -0.05) is 36.8 Å². The van der Waals surface area contributed by atoms with Crippen LogP contribution in [0.25, 0.3) is 0 Å². The van der Waals surface area contributed by atoms with Crippen LogP contribution in [0.2, 0.25) is 0 Å². The van der Waals surface area contributed by atoms with Gasteiger partial charge < -0.3 is 10.5 Å². The lowest BCUT2D eigenvalue weighted by Gasteiger charge is -2.21. The van der Waals surface area contributed by atoms with Crippen LogP contribution in [0.5, 0.6) is 0 Å². The molecule has 0 aromatic heterocycles. The Morgan fingerprint density at radius 2 is 1.90 bits per heavy atom. The van der Waals surface area contributed by atoms with Crippen molar-refractivity contribution in [3.8, 4) is 0 Å². The fraction of sp³-hybridized carbons (Fsp3) is 0.588.